The standard InChI is InChI=1S/C14H14O3/c1-9(2)17-14(16)11-7-10-5-3-4-6-12(10)13(15)8-11/h3-6,8-9H,7H2,1-2H3. The van der Waals surface area contributed by atoms with Crippen LogP contribution in [0.2, 0.25) is 0 Å². The van der Waals surface area contributed by atoms with Gasteiger partial charge in [-0.2, -0.15) is 0 Å². The fourth-order valence-corrected chi connectivity index (χ4v) is 1.83. The van der Waals surface area contributed by atoms with E-state index in [1.54, 1.807) is 19.9 Å². The van der Waals surface area contributed by atoms with Crippen LogP contribution in [0.15, 0.2) is 35.9 Å². The van der Waals surface area contributed by atoms with E-state index in [4.69, 9.17) is 4.74 Å². The third-order valence-electron chi connectivity index (χ3n) is 2.57. The molecule has 1 aromatic rings. The first-order valence-corrected chi connectivity index (χ1v) is 5.61. The summed E-state index contributed by atoms with van der Waals surface area (Å²) in [4.78, 5) is 23.5. The largest absolute Gasteiger partial charge is 0.460 e. The molecule has 0 radical (unpaired) electrons. The second-order valence-corrected chi connectivity index (χ2v) is 4.32. The van der Waals surface area contributed by atoms with Crippen molar-refractivity contribution in [2.45, 2.75) is 26.4 Å². The normalized spacial score (nSPS) is 14.3. The summed E-state index contributed by atoms with van der Waals surface area (Å²) in [6.07, 6.45) is 1.68. The van der Waals surface area contributed by atoms with E-state index in [1.165, 1.54) is 6.08 Å². The number of carbonyl (C=O) groups is 2. The molecule has 0 aromatic heterocycles. The maximum absolute atomic E-state index is 11.8. The van der Waals surface area contributed by atoms with Crippen LogP contribution in [-0.2, 0) is 16.0 Å². The zero-order chi connectivity index (χ0) is 12.4. The molecule has 0 amide bonds. The molecule has 3 nitrogen and oxygen atoms in total. The van der Waals surface area contributed by atoms with E-state index in [0.29, 0.717) is 17.6 Å². The molecule has 0 aliphatic heterocycles. The smallest absolute Gasteiger partial charge is 0.334 e. The highest BCUT2D eigenvalue weighted by Crippen LogP contribution is 2.21. The van der Waals surface area contributed by atoms with Gasteiger partial charge in [0, 0.05) is 17.6 Å². The highest BCUT2D eigenvalue weighted by Gasteiger charge is 2.22. The minimum absolute atomic E-state index is 0.123. The van der Waals surface area contributed by atoms with Crippen LogP contribution in [0.4, 0.5) is 0 Å². The van der Waals surface area contributed by atoms with E-state index >= 15 is 0 Å². The predicted octanol–water partition coefficient (Wildman–Crippen LogP) is 2.30. The van der Waals surface area contributed by atoms with E-state index in [9.17, 15) is 9.59 Å². The summed E-state index contributed by atoms with van der Waals surface area (Å²) in [5.41, 5.74) is 1.99. The third kappa shape index (κ3) is 2.44. The number of rotatable bonds is 2. The molecule has 0 unspecified atom stereocenters. The fourth-order valence-electron chi connectivity index (χ4n) is 1.83. The van der Waals surface area contributed by atoms with E-state index in [1.807, 2.05) is 18.2 Å². The van der Waals surface area contributed by atoms with Crippen molar-refractivity contribution in [3.8, 4) is 0 Å². The van der Waals surface area contributed by atoms with Crippen LogP contribution in [0.25, 0.3) is 0 Å². The Morgan fingerprint density at radius 2 is 2.00 bits per heavy atom. The van der Waals surface area contributed by atoms with Gasteiger partial charge in [-0.15, -0.1) is 0 Å². The summed E-state index contributed by atoms with van der Waals surface area (Å²) < 4.78 is 5.09. The van der Waals surface area contributed by atoms with Gasteiger partial charge in [-0.25, -0.2) is 4.79 Å². The van der Waals surface area contributed by atoms with Gasteiger partial charge in [-0.1, -0.05) is 24.3 Å². The van der Waals surface area contributed by atoms with Gasteiger partial charge in [-0.05, 0) is 25.5 Å². The number of fused-ring (bicyclic) bond motifs is 1. The molecular weight excluding hydrogens is 216 g/mol. The zero-order valence-electron chi connectivity index (χ0n) is 9.90. The quantitative estimate of drug-likeness (QED) is 0.732. The number of ketones is 1. The third-order valence-corrected chi connectivity index (χ3v) is 2.57. The first-order chi connectivity index (χ1) is 8.08. The lowest BCUT2D eigenvalue weighted by molar-refractivity contribution is -0.142. The maximum atomic E-state index is 11.8. The molecule has 1 aromatic carbocycles. The summed E-state index contributed by atoms with van der Waals surface area (Å²) >= 11 is 0. The molecule has 3 heteroatoms. The summed E-state index contributed by atoms with van der Waals surface area (Å²) in [7, 11) is 0. The molecular formula is C14H14O3. The van der Waals surface area contributed by atoms with Crippen molar-refractivity contribution in [1.29, 1.82) is 0 Å². The van der Waals surface area contributed by atoms with Crippen LogP contribution in [0, 0.1) is 0 Å². The predicted molar refractivity (Wildman–Crippen MR) is 63.8 cm³/mol. The highest BCUT2D eigenvalue weighted by atomic mass is 16.5. The minimum atomic E-state index is -0.400. The SMILES string of the molecule is CC(C)OC(=O)C1=CC(=O)c2ccccc2C1. The molecule has 0 heterocycles. The van der Waals surface area contributed by atoms with Crippen molar-refractivity contribution in [1.82, 2.24) is 0 Å². The van der Waals surface area contributed by atoms with Crippen molar-refractivity contribution in [3.05, 3.63) is 47.0 Å². The number of esters is 1. The number of ether oxygens (including phenoxy) is 1. The Hall–Kier alpha value is -1.90. The van der Waals surface area contributed by atoms with Crippen molar-refractivity contribution in [3.63, 3.8) is 0 Å². The molecule has 2 rings (SSSR count). The van der Waals surface area contributed by atoms with Gasteiger partial charge in [0.15, 0.2) is 5.78 Å². The van der Waals surface area contributed by atoms with Crippen molar-refractivity contribution in [2.75, 3.05) is 0 Å². The maximum Gasteiger partial charge on any atom is 0.334 e. The lowest BCUT2D eigenvalue weighted by Crippen LogP contribution is -2.19. The molecule has 0 saturated heterocycles. The van der Waals surface area contributed by atoms with Crippen LogP contribution in [-0.4, -0.2) is 17.9 Å². The van der Waals surface area contributed by atoms with Gasteiger partial charge in [-0.3, -0.25) is 4.79 Å². The van der Waals surface area contributed by atoms with Gasteiger partial charge >= 0.3 is 5.97 Å². The first kappa shape index (κ1) is 11.6. The summed E-state index contributed by atoms with van der Waals surface area (Å²) in [6.45, 7) is 3.58. The van der Waals surface area contributed by atoms with Gasteiger partial charge in [0.05, 0.1) is 6.10 Å². The second-order valence-electron chi connectivity index (χ2n) is 4.32. The van der Waals surface area contributed by atoms with Crippen molar-refractivity contribution >= 4 is 11.8 Å². The molecule has 88 valence electrons. The molecule has 0 spiro atoms. The molecule has 1 aliphatic carbocycles. The Morgan fingerprint density at radius 1 is 1.29 bits per heavy atom. The molecule has 0 saturated carbocycles. The van der Waals surface area contributed by atoms with Crippen LogP contribution < -0.4 is 0 Å². The molecule has 0 bridgehead atoms. The topological polar surface area (TPSA) is 43.4 Å². The van der Waals surface area contributed by atoms with Crippen LogP contribution >= 0.6 is 0 Å². The molecule has 0 N–H and O–H groups in total. The lowest BCUT2D eigenvalue weighted by atomic mass is 9.91. The van der Waals surface area contributed by atoms with E-state index in [0.717, 1.165) is 5.56 Å². The minimum Gasteiger partial charge on any atom is -0.460 e. The summed E-state index contributed by atoms with van der Waals surface area (Å²) in [6, 6.07) is 7.33. The number of hydrogen-bond acceptors (Lipinski definition) is 3. The van der Waals surface area contributed by atoms with Gasteiger partial charge in [0.25, 0.3) is 0 Å². The number of carbonyl (C=O) groups excluding carboxylic acids is 2. The number of benzene rings is 1. The fraction of sp³-hybridized carbons (Fsp3) is 0.286. The van der Waals surface area contributed by atoms with Crippen molar-refractivity contribution < 1.29 is 14.3 Å². The van der Waals surface area contributed by atoms with Crippen LogP contribution in [0.3, 0.4) is 0 Å². The first-order valence-electron chi connectivity index (χ1n) is 5.61. The van der Waals surface area contributed by atoms with Crippen LogP contribution in [0.1, 0.15) is 29.8 Å². The van der Waals surface area contributed by atoms with Gasteiger partial charge in [0.1, 0.15) is 0 Å². The summed E-state index contributed by atoms with van der Waals surface area (Å²) in [5, 5.41) is 0. The Balaban J connectivity index is 2.25. The van der Waals surface area contributed by atoms with E-state index in [2.05, 4.69) is 0 Å². The Labute approximate surface area is 100 Å². The molecule has 0 atom stereocenters. The Morgan fingerprint density at radius 3 is 2.71 bits per heavy atom. The number of allylic oxidation sites excluding steroid dienone is 1. The molecule has 1 aliphatic rings. The zero-order valence-corrected chi connectivity index (χ0v) is 9.90. The summed E-state index contributed by atoms with van der Waals surface area (Å²) in [5.74, 6) is -0.523. The van der Waals surface area contributed by atoms with Crippen molar-refractivity contribution in [2.24, 2.45) is 0 Å². The second kappa shape index (κ2) is 4.53. The lowest BCUT2D eigenvalue weighted by Gasteiger charge is -2.16. The highest BCUT2D eigenvalue weighted by molar-refractivity contribution is 6.11. The molecule has 17 heavy (non-hydrogen) atoms. The van der Waals surface area contributed by atoms with Gasteiger partial charge in [0.2, 0.25) is 0 Å². The van der Waals surface area contributed by atoms with Gasteiger partial charge < -0.3 is 4.74 Å². The van der Waals surface area contributed by atoms with E-state index < -0.39 is 5.97 Å². The average molecular weight is 230 g/mol. The Bertz CT molecular complexity index is 498. The van der Waals surface area contributed by atoms with E-state index in [-0.39, 0.29) is 11.9 Å². The average Bonchev–Trinajstić information content (AvgIpc) is 2.28. The number of hydrogen-bond donors (Lipinski definition) is 0. The molecule has 0 fully saturated rings. The van der Waals surface area contributed by atoms with Crippen LogP contribution in [0.5, 0.6) is 0 Å². The Kier molecular flexibility index (Phi) is 3.09. The monoisotopic (exact) mass is 230 g/mol.